The molecular weight excluding hydrogens is 579 g/mol. The lowest BCUT2D eigenvalue weighted by Crippen LogP contribution is -2.24. The highest BCUT2D eigenvalue weighted by Crippen LogP contribution is 2.33. The van der Waals surface area contributed by atoms with Crippen LogP contribution >= 0.6 is 11.3 Å². The molecule has 0 fully saturated rings. The average molecular weight is 634 g/mol. The van der Waals surface area contributed by atoms with Crippen molar-refractivity contribution >= 4 is 28.1 Å². The zero-order valence-corrected chi connectivity index (χ0v) is 29.6. The first-order valence-electron chi connectivity index (χ1n) is 17.1. The van der Waals surface area contributed by atoms with Gasteiger partial charge in [-0.25, -0.2) is 0 Å². The number of thiophene rings is 1. The molecule has 0 aliphatic rings. The maximum Gasteiger partial charge on any atom is 0.189 e. The third-order valence-electron chi connectivity index (χ3n) is 8.47. The van der Waals surface area contributed by atoms with Gasteiger partial charge in [0.25, 0.3) is 0 Å². The molecule has 0 bridgehead atoms. The highest BCUT2D eigenvalue weighted by atomic mass is 32.1. The van der Waals surface area contributed by atoms with Gasteiger partial charge in [-0.2, -0.15) is 9.61 Å². The number of aromatic nitrogens is 4. The van der Waals surface area contributed by atoms with Gasteiger partial charge in [0.15, 0.2) is 11.5 Å². The van der Waals surface area contributed by atoms with E-state index in [0.29, 0.717) is 11.6 Å². The molecule has 0 amide bonds. The zero-order valence-electron chi connectivity index (χ0n) is 28.8. The Morgan fingerprint density at radius 2 is 1.44 bits per heavy atom. The van der Waals surface area contributed by atoms with Crippen molar-refractivity contribution in [2.45, 2.75) is 117 Å². The predicted molar refractivity (Wildman–Crippen MR) is 190 cm³/mol. The van der Waals surface area contributed by atoms with E-state index < -0.39 is 0 Å². The van der Waals surface area contributed by atoms with Crippen LogP contribution in [0.4, 0.5) is 5.00 Å². The lowest BCUT2D eigenvalue weighted by molar-refractivity contribution is 0.395. The Kier molecular flexibility index (Phi) is 13.1. The molecule has 246 valence electrons. The Bertz CT molecular complexity index is 1500. The van der Waals surface area contributed by atoms with Gasteiger partial charge in [0.1, 0.15) is 11.5 Å². The van der Waals surface area contributed by atoms with E-state index in [1.807, 2.05) is 34.1 Å². The first kappa shape index (κ1) is 34.7. The summed E-state index contributed by atoms with van der Waals surface area (Å²) < 4.78 is 13.0. The summed E-state index contributed by atoms with van der Waals surface area (Å²) >= 11 is 1.88. The van der Waals surface area contributed by atoms with Crippen LogP contribution < -0.4 is 19.6 Å². The SMILES string of the molecule is CCCCCCCCN(CCCCCCCC)c1ccc(/C=c2/c(C(C)(C)C)nn3c(-c4ccc(OC)cc4OC)nnc23)s1. The molecular formula is C37H55N5O2S. The summed E-state index contributed by atoms with van der Waals surface area (Å²) in [6, 6.07) is 10.3. The van der Waals surface area contributed by atoms with Gasteiger partial charge in [0.2, 0.25) is 0 Å². The molecule has 0 aliphatic carbocycles. The molecule has 0 saturated heterocycles. The van der Waals surface area contributed by atoms with E-state index in [2.05, 4.69) is 67.9 Å². The second-order valence-electron chi connectivity index (χ2n) is 13.2. The van der Waals surface area contributed by atoms with E-state index in [-0.39, 0.29) is 5.41 Å². The Morgan fingerprint density at radius 1 is 0.800 bits per heavy atom. The van der Waals surface area contributed by atoms with E-state index in [1.54, 1.807) is 14.2 Å². The normalized spacial score (nSPS) is 12.4. The molecule has 45 heavy (non-hydrogen) atoms. The van der Waals surface area contributed by atoms with Crippen LogP contribution in [0.1, 0.15) is 122 Å². The molecule has 4 rings (SSSR count). The van der Waals surface area contributed by atoms with Crippen LogP contribution in [0.3, 0.4) is 0 Å². The number of fused-ring (bicyclic) bond motifs is 1. The van der Waals surface area contributed by atoms with Crippen molar-refractivity contribution in [1.82, 2.24) is 19.8 Å². The van der Waals surface area contributed by atoms with Crippen molar-refractivity contribution in [2.75, 3.05) is 32.2 Å². The van der Waals surface area contributed by atoms with E-state index >= 15 is 0 Å². The first-order chi connectivity index (χ1) is 21.8. The molecule has 1 aromatic carbocycles. The number of rotatable bonds is 19. The van der Waals surface area contributed by atoms with Crippen molar-refractivity contribution in [3.8, 4) is 22.9 Å². The van der Waals surface area contributed by atoms with Crippen molar-refractivity contribution in [3.05, 3.63) is 46.1 Å². The van der Waals surface area contributed by atoms with Gasteiger partial charge in [-0.3, -0.25) is 0 Å². The summed E-state index contributed by atoms with van der Waals surface area (Å²) in [7, 11) is 3.31. The Morgan fingerprint density at radius 3 is 2.04 bits per heavy atom. The lowest BCUT2D eigenvalue weighted by atomic mass is 9.91. The van der Waals surface area contributed by atoms with Gasteiger partial charge < -0.3 is 14.4 Å². The molecule has 0 saturated carbocycles. The highest BCUT2D eigenvalue weighted by Gasteiger charge is 2.25. The minimum atomic E-state index is -0.171. The Balaban J connectivity index is 1.63. The summed E-state index contributed by atoms with van der Waals surface area (Å²) in [5.74, 6) is 2.06. The lowest BCUT2D eigenvalue weighted by Gasteiger charge is -2.23. The van der Waals surface area contributed by atoms with Gasteiger partial charge in [-0.1, -0.05) is 98.8 Å². The second kappa shape index (κ2) is 17.0. The van der Waals surface area contributed by atoms with Crippen LogP contribution in [-0.4, -0.2) is 47.1 Å². The van der Waals surface area contributed by atoms with Crippen molar-refractivity contribution in [2.24, 2.45) is 0 Å². The molecule has 3 heterocycles. The van der Waals surface area contributed by atoms with Gasteiger partial charge in [0, 0.05) is 34.7 Å². The molecule has 0 spiro atoms. The maximum absolute atomic E-state index is 5.69. The summed E-state index contributed by atoms with van der Waals surface area (Å²) in [5.41, 5.74) is 2.43. The molecule has 7 nitrogen and oxygen atoms in total. The molecule has 8 heteroatoms. The van der Waals surface area contributed by atoms with E-state index in [0.717, 1.165) is 41.0 Å². The molecule has 0 N–H and O–H groups in total. The number of hydrogen-bond donors (Lipinski definition) is 0. The number of nitrogens with zero attached hydrogens (tertiary/aromatic N) is 5. The number of ether oxygens (including phenoxy) is 2. The van der Waals surface area contributed by atoms with Gasteiger partial charge in [0.05, 0.1) is 30.5 Å². The average Bonchev–Trinajstić information content (AvgIpc) is 3.76. The number of hydrogen-bond acceptors (Lipinski definition) is 7. The monoisotopic (exact) mass is 633 g/mol. The van der Waals surface area contributed by atoms with Gasteiger partial charge in [-0.05, 0) is 43.2 Å². The highest BCUT2D eigenvalue weighted by molar-refractivity contribution is 7.16. The van der Waals surface area contributed by atoms with Crippen LogP contribution in [0.2, 0.25) is 0 Å². The second-order valence-corrected chi connectivity index (χ2v) is 14.3. The van der Waals surface area contributed by atoms with E-state index in [4.69, 9.17) is 14.6 Å². The molecule has 4 aromatic rings. The predicted octanol–water partition coefficient (Wildman–Crippen LogP) is 9.24. The minimum Gasteiger partial charge on any atom is -0.497 e. The number of methoxy groups -OCH3 is 2. The standard InChI is InChI=1S/C37H55N5O2S/c1-8-10-12-14-16-18-24-41(25-19-17-15-13-11-9-2)33-23-21-29(45-33)27-31-34(37(3,4)5)40-42-35(38-39-36(31)42)30-22-20-28(43-6)26-32(30)44-7/h20-23,26-27H,8-19,24-25H2,1-7H3/b31-27-. The molecule has 0 unspecified atom stereocenters. The molecule has 3 aromatic heterocycles. The Labute approximate surface area is 275 Å². The summed E-state index contributed by atoms with van der Waals surface area (Å²) in [4.78, 5) is 3.85. The molecule has 0 atom stereocenters. The largest absolute Gasteiger partial charge is 0.497 e. The Hall–Kier alpha value is -3.13. The van der Waals surface area contributed by atoms with Crippen LogP contribution in [0.5, 0.6) is 11.5 Å². The maximum atomic E-state index is 5.69. The number of benzene rings is 1. The van der Waals surface area contributed by atoms with Gasteiger partial charge in [-0.15, -0.1) is 21.5 Å². The minimum absolute atomic E-state index is 0.171. The number of anilines is 1. The third-order valence-corrected chi connectivity index (χ3v) is 9.56. The summed E-state index contributed by atoms with van der Waals surface area (Å²) in [6.07, 6.45) is 18.1. The molecule has 0 aliphatic heterocycles. The number of unbranched alkanes of at least 4 members (excludes halogenated alkanes) is 10. The topological polar surface area (TPSA) is 64.8 Å². The fraction of sp³-hybridized carbons (Fsp3) is 0.595. The van der Waals surface area contributed by atoms with Crippen molar-refractivity contribution in [3.63, 3.8) is 0 Å². The van der Waals surface area contributed by atoms with Gasteiger partial charge >= 0.3 is 0 Å². The van der Waals surface area contributed by atoms with Crippen molar-refractivity contribution < 1.29 is 9.47 Å². The van der Waals surface area contributed by atoms with Crippen LogP contribution in [0.15, 0.2) is 30.3 Å². The fourth-order valence-electron chi connectivity index (χ4n) is 5.87. The first-order valence-corrected chi connectivity index (χ1v) is 18.0. The quantitative estimate of drug-likeness (QED) is 0.0959. The third kappa shape index (κ3) is 9.21. The van der Waals surface area contributed by atoms with Crippen molar-refractivity contribution in [1.29, 1.82) is 0 Å². The van der Waals surface area contributed by atoms with E-state index in [9.17, 15) is 0 Å². The van der Waals surface area contributed by atoms with Crippen LogP contribution in [0.25, 0.3) is 23.1 Å². The fourth-order valence-corrected chi connectivity index (χ4v) is 6.87. The zero-order chi connectivity index (χ0) is 32.2. The van der Waals surface area contributed by atoms with E-state index in [1.165, 1.54) is 86.9 Å². The summed E-state index contributed by atoms with van der Waals surface area (Å²) in [6.45, 7) is 13.5. The van der Waals surface area contributed by atoms with Crippen LogP contribution in [-0.2, 0) is 5.41 Å². The molecule has 0 radical (unpaired) electrons. The van der Waals surface area contributed by atoms with Crippen LogP contribution in [0, 0.1) is 0 Å². The smallest absolute Gasteiger partial charge is 0.189 e. The summed E-state index contributed by atoms with van der Waals surface area (Å²) in [5, 5.41) is 16.7.